The predicted molar refractivity (Wildman–Crippen MR) is 101 cm³/mol. The van der Waals surface area contributed by atoms with E-state index >= 15 is 0 Å². The van der Waals surface area contributed by atoms with Crippen molar-refractivity contribution < 1.29 is 4.79 Å². The molecule has 25 heavy (non-hydrogen) atoms. The molecule has 0 atom stereocenters. The molecule has 0 saturated carbocycles. The molecule has 1 aromatic heterocycles. The van der Waals surface area contributed by atoms with Crippen molar-refractivity contribution in [1.29, 1.82) is 0 Å². The number of hydrogen-bond acceptors (Lipinski definition) is 4. The Bertz CT molecular complexity index is 707. The van der Waals surface area contributed by atoms with Crippen molar-refractivity contribution >= 4 is 23.3 Å². The van der Waals surface area contributed by atoms with Crippen molar-refractivity contribution in [3.63, 3.8) is 0 Å². The highest BCUT2D eigenvalue weighted by molar-refractivity contribution is 6.30. The Hall–Kier alpha value is -2.14. The van der Waals surface area contributed by atoms with E-state index in [2.05, 4.69) is 28.9 Å². The normalized spacial score (nSPS) is 14.9. The predicted octanol–water partition coefficient (Wildman–Crippen LogP) is 3.49. The lowest BCUT2D eigenvalue weighted by atomic mass is 10.1. The Balaban J connectivity index is 1.60. The summed E-state index contributed by atoms with van der Waals surface area (Å²) in [5.41, 5.74) is 1.82. The second-order valence-electron chi connectivity index (χ2n) is 6.75. The number of benzene rings is 1. The summed E-state index contributed by atoms with van der Waals surface area (Å²) in [7, 11) is 0. The summed E-state index contributed by atoms with van der Waals surface area (Å²) in [6.07, 6.45) is 0.621. The fourth-order valence-corrected chi connectivity index (χ4v) is 3.06. The highest BCUT2D eigenvalue weighted by Crippen LogP contribution is 2.21. The summed E-state index contributed by atoms with van der Waals surface area (Å²) in [5, 5.41) is 9.40. The van der Waals surface area contributed by atoms with E-state index in [1.165, 1.54) is 0 Å². The van der Waals surface area contributed by atoms with E-state index in [0.29, 0.717) is 17.4 Å². The smallest absolute Gasteiger partial charge is 0.222 e. The zero-order valence-corrected chi connectivity index (χ0v) is 15.4. The number of amides is 1. The van der Waals surface area contributed by atoms with Crippen LogP contribution >= 0.6 is 11.6 Å². The molecule has 0 bridgehead atoms. The highest BCUT2D eigenvalue weighted by atomic mass is 35.5. The molecule has 2 aromatic rings. The third-order valence-corrected chi connectivity index (χ3v) is 4.58. The van der Waals surface area contributed by atoms with Gasteiger partial charge in [0.05, 0.1) is 5.69 Å². The van der Waals surface area contributed by atoms with E-state index in [0.717, 1.165) is 43.3 Å². The number of halogens is 1. The Morgan fingerprint density at radius 1 is 1.04 bits per heavy atom. The van der Waals surface area contributed by atoms with Crippen molar-refractivity contribution in [1.82, 2.24) is 15.1 Å². The molecule has 0 radical (unpaired) electrons. The monoisotopic (exact) mass is 358 g/mol. The van der Waals surface area contributed by atoms with Gasteiger partial charge >= 0.3 is 0 Å². The summed E-state index contributed by atoms with van der Waals surface area (Å²) >= 11 is 5.92. The zero-order valence-electron chi connectivity index (χ0n) is 14.7. The molecule has 132 valence electrons. The number of carbonyl (C=O) groups excluding carboxylic acids is 1. The number of piperazine rings is 1. The van der Waals surface area contributed by atoms with Gasteiger partial charge < -0.3 is 9.80 Å². The Labute approximate surface area is 153 Å². The quantitative estimate of drug-likeness (QED) is 0.839. The van der Waals surface area contributed by atoms with Crippen LogP contribution in [0.15, 0.2) is 36.4 Å². The summed E-state index contributed by atoms with van der Waals surface area (Å²) in [5.74, 6) is 1.50. The van der Waals surface area contributed by atoms with Crippen molar-refractivity contribution in [2.75, 3.05) is 31.1 Å². The molecule has 0 spiro atoms. The van der Waals surface area contributed by atoms with Crippen molar-refractivity contribution in [2.45, 2.75) is 20.3 Å². The van der Waals surface area contributed by atoms with Gasteiger partial charge in [0.1, 0.15) is 0 Å². The maximum atomic E-state index is 12.1. The van der Waals surface area contributed by atoms with Gasteiger partial charge in [-0.1, -0.05) is 37.6 Å². The van der Waals surface area contributed by atoms with E-state index < -0.39 is 0 Å². The van der Waals surface area contributed by atoms with Crippen LogP contribution in [0, 0.1) is 5.92 Å². The highest BCUT2D eigenvalue weighted by Gasteiger charge is 2.22. The number of carbonyl (C=O) groups is 1. The first-order chi connectivity index (χ1) is 12.0. The van der Waals surface area contributed by atoms with Crippen LogP contribution in [0.4, 0.5) is 5.82 Å². The van der Waals surface area contributed by atoms with Gasteiger partial charge in [-0.15, -0.1) is 10.2 Å². The van der Waals surface area contributed by atoms with E-state index in [1.54, 1.807) is 0 Å². The molecule has 1 aromatic carbocycles. The molecule has 1 aliphatic rings. The number of aromatic nitrogens is 2. The third kappa shape index (κ3) is 4.48. The van der Waals surface area contributed by atoms with Gasteiger partial charge in [-0.25, -0.2) is 0 Å². The molecule has 1 aliphatic heterocycles. The van der Waals surface area contributed by atoms with Gasteiger partial charge in [0.15, 0.2) is 5.82 Å². The van der Waals surface area contributed by atoms with Gasteiger partial charge in [0, 0.05) is 43.2 Å². The molecule has 0 unspecified atom stereocenters. The van der Waals surface area contributed by atoms with Crippen LogP contribution in [0.2, 0.25) is 5.02 Å². The van der Waals surface area contributed by atoms with Gasteiger partial charge in [-0.3, -0.25) is 4.79 Å². The average molecular weight is 359 g/mol. The minimum atomic E-state index is 0.249. The van der Waals surface area contributed by atoms with Gasteiger partial charge in [-0.05, 0) is 30.2 Å². The van der Waals surface area contributed by atoms with Gasteiger partial charge in [0.2, 0.25) is 5.91 Å². The minimum absolute atomic E-state index is 0.249. The van der Waals surface area contributed by atoms with Crippen LogP contribution in [0.25, 0.3) is 11.3 Å². The van der Waals surface area contributed by atoms with Gasteiger partial charge in [0.25, 0.3) is 0 Å². The molecule has 1 amide bonds. The van der Waals surface area contributed by atoms with E-state index in [-0.39, 0.29) is 5.91 Å². The van der Waals surface area contributed by atoms with Crippen LogP contribution in [0.3, 0.4) is 0 Å². The fourth-order valence-electron chi connectivity index (χ4n) is 2.93. The molecule has 0 aliphatic carbocycles. The first-order valence-electron chi connectivity index (χ1n) is 8.65. The molecule has 6 heteroatoms. The Kier molecular flexibility index (Phi) is 5.53. The van der Waals surface area contributed by atoms with Gasteiger partial charge in [-0.2, -0.15) is 0 Å². The van der Waals surface area contributed by atoms with Crippen LogP contribution in [-0.4, -0.2) is 47.2 Å². The van der Waals surface area contributed by atoms with E-state index in [4.69, 9.17) is 11.6 Å². The fraction of sp³-hybridized carbons (Fsp3) is 0.421. The minimum Gasteiger partial charge on any atom is -0.352 e. The third-order valence-electron chi connectivity index (χ3n) is 4.33. The largest absolute Gasteiger partial charge is 0.352 e. The first kappa shape index (κ1) is 17.7. The first-order valence-corrected chi connectivity index (χ1v) is 9.03. The zero-order chi connectivity index (χ0) is 17.8. The summed E-state index contributed by atoms with van der Waals surface area (Å²) in [6.45, 7) is 7.22. The van der Waals surface area contributed by atoms with Crippen LogP contribution in [0.1, 0.15) is 20.3 Å². The van der Waals surface area contributed by atoms with Crippen molar-refractivity contribution in [3.8, 4) is 11.3 Å². The Morgan fingerprint density at radius 2 is 1.72 bits per heavy atom. The molecule has 2 heterocycles. The lowest BCUT2D eigenvalue weighted by Gasteiger charge is -2.35. The maximum Gasteiger partial charge on any atom is 0.222 e. The number of rotatable bonds is 4. The lowest BCUT2D eigenvalue weighted by Crippen LogP contribution is -2.49. The molecule has 1 saturated heterocycles. The molecule has 0 N–H and O–H groups in total. The number of hydrogen-bond donors (Lipinski definition) is 0. The second kappa shape index (κ2) is 7.83. The maximum absolute atomic E-state index is 12.1. The molecule has 3 rings (SSSR count). The van der Waals surface area contributed by atoms with E-state index in [9.17, 15) is 4.79 Å². The summed E-state index contributed by atoms with van der Waals surface area (Å²) in [4.78, 5) is 16.3. The summed E-state index contributed by atoms with van der Waals surface area (Å²) in [6, 6.07) is 11.5. The lowest BCUT2D eigenvalue weighted by molar-refractivity contribution is -0.132. The second-order valence-corrected chi connectivity index (χ2v) is 7.19. The Morgan fingerprint density at radius 3 is 2.28 bits per heavy atom. The molecule has 5 nitrogen and oxygen atoms in total. The van der Waals surface area contributed by atoms with Crippen molar-refractivity contribution in [3.05, 3.63) is 41.4 Å². The van der Waals surface area contributed by atoms with Crippen molar-refractivity contribution in [2.24, 2.45) is 5.92 Å². The topological polar surface area (TPSA) is 49.3 Å². The number of nitrogens with zero attached hydrogens (tertiary/aromatic N) is 4. The average Bonchev–Trinajstić information content (AvgIpc) is 2.62. The van der Waals surface area contributed by atoms with Crippen LogP contribution in [-0.2, 0) is 4.79 Å². The van der Waals surface area contributed by atoms with E-state index in [1.807, 2.05) is 41.3 Å². The SMILES string of the molecule is CC(C)CC(=O)N1CCN(c2ccc(-c3ccc(Cl)cc3)nn2)CC1. The molecular formula is C19H23ClN4O. The van der Waals surface area contributed by atoms with Crippen LogP contribution < -0.4 is 4.90 Å². The standard InChI is InChI=1S/C19H23ClN4O/c1-14(2)13-19(25)24-11-9-23(10-12-24)18-8-7-17(21-22-18)15-3-5-16(20)6-4-15/h3-8,14H,9-13H2,1-2H3. The summed E-state index contributed by atoms with van der Waals surface area (Å²) < 4.78 is 0. The molecule has 1 fully saturated rings. The van der Waals surface area contributed by atoms with Crippen LogP contribution in [0.5, 0.6) is 0 Å². The molecular weight excluding hydrogens is 336 g/mol. The number of anilines is 1.